The lowest BCUT2D eigenvalue weighted by atomic mass is 9.96. The minimum Gasteiger partial charge on any atom is -0.493 e. The number of carbonyl (C=O) groups is 1. The number of ether oxygens (including phenoxy) is 1. The third-order valence-corrected chi connectivity index (χ3v) is 6.00. The molecule has 11 heteroatoms. The summed E-state index contributed by atoms with van der Waals surface area (Å²) >= 11 is 0. The molecule has 2 aromatic heterocycles. The normalized spacial score (nSPS) is 15.6. The quantitative estimate of drug-likeness (QED) is 0.479. The molecule has 0 spiro atoms. The topological polar surface area (TPSA) is 110 Å². The highest BCUT2D eigenvalue weighted by atomic mass is 19.4. The number of carbonyl (C=O) groups excluding carboxylic acids is 1. The van der Waals surface area contributed by atoms with E-state index in [0.717, 1.165) is 12.1 Å². The number of nitriles is 1. The van der Waals surface area contributed by atoms with Crippen LogP contribution in [0.2, 0.25) is 0 Å². The van der Waals surface area contributed by atoms with Crippen LogP contribution in [0, 0.1) is 11.3 Å². The number of nitrogen functional groups attached to an aromatic ring is 1. The van der Waals surface area contributed by atoms with E-state index >= 15 is 0 Å². The van der Waals surface area contributed by atoms with Gasteiger partial charge in [-0.15, -0.1) is 0 Å². The maximum atomic E-state index is 13.5. The zero-order valence-corrected chi connectivity index (χ0v) is 17.8. The third kappa shape index (κ3) is 3.35. The van der Waals surface area contributed by atoms with Gasteiger partial charge in [0.25, 0.3) is 5.91 Å². The first-order valence-corrected chi connectivity index (χ1v) is 10.3. The molecule has 0 bridgehead atoms. The van der Waals surface area contributed by atoms with Gasteiger partial charge >= 0.3 is 6.18 Å². The van der Waals surface area contributed by atoms with Crippen LogP contribution in [0.4, 0.5) is 19.0 Å². The van der Waals surface area contributed by atoms with Gasteiger partial charge in [0, 0.05) is 19.0 Å². The van der Waals surface area contributed by atoms with Crippen LogP contribution < -0.4 is 10.5 Å². The van der Waals surface area contributed by atoms with E-state index in [1.165, 1.54) is 23.4 Å². The van der Waals surface area contributed by atoms with Crippen molar-refractivity contribution in [3.05, 3.63) is 65.1 Å². The molecular weight excluding hydrogens is 449 g/mol. The molecule has 0 fully saturated rings. The lowest BCUT2D eigenvalue weighted by Gasteiger charge is -2.33. The fraction of sp³-hybridized carbons (Fsp3) is 0.217. The molecule has 2 N–H and O–H groups in total. The van der Waals surface area contributed by atoms with Gasteiger partial charge in [-0.2, -0.15) is 18.4 Å². The molecule has 0 saturated heterocycles. The van der Waals surface area contributed by atoms with Crippen LogP contribution >= 0.6 is 0 Å². The molecule has 2 aromatic carbocycles. The molecule has 0 unspecified atom stereocenters. The monoisotopic (exact) mass is 466 g/mol. The van der Waals surface area contributed by atoms with Crippen LogP contribution in [0.25, 0.3) is 16.6 Å². The summed E-state index contributed by atoms with van der Waals surface area (Å²) in [5, 5.41) is 9.70. The number of fused-ring (bicyclic) bond motifs is 4. The molecule has 172 valence electrons. The molecule has 3 heterocycles. The lowest BCUT2D eigenvalue weighted by molar-refractivity contribution is -0.137. The average Bonchev–Trinajstić information content (AvgIpc) is 3.32. The zero-order valence-electron chi connectivity index (χ0n) is 17.8. The van der Waals surface area contributed by atoms with Gasteiger partial charge < -0.3 is 15.4 Å². The van der Waals surface area contributed by atoms with Crippen molar-refractivity contribution in [3.8, 4) is 11.8 Å². The van der Waals surface area contributed by atoms with E-state index < -0.39 is 23.7 Å². The van der Waals surface area contributed by atoms with E-state index in [-0.39, 0.29) is 29.3 Å². The predicted octanol–water partition coefficient (Wildman–Crippen LogP) is 3.95. The summed E-state index contributed by atoms with van der Waals surface area (Å²) < 4.78 is 46.5. The van der Waals surface area contributed by atoms with Crippen LogP contribution in [0.15, 0.2) is 42.9 Å². The number of hydrogen-bond acceptors (Lipinski definition) is 6. The molecule has 1 aliphatic heterocycles. The Balaban J connectivity index is 1.57. The van der Waals surface area contributed by atoms with Gasteiger partial charge in [-0.3, -0.25) is 9.20 Å². The number of rotatable bonds is 2. The first-order valence-electron chi connectivity index (χ1n) is 10.3. The number of imidazole rings is 1. The third-order valence-electron chi connectivity index (χ3n) is 6.00. The van der Waals surface area contributed by atoms with Crippen LogP contribution in [0.5, 0.6) is 5.75 Å². The number of nitrogens with zero attached hydrogens (tertiary/aromatic N) is 5. The molecule has 8 nitrogen and oxygen atoms in total. The number of aromatic nitrogens is 3. The van der Waals surface area contributed by atoms with Crippen molar-refractivity contribution in [1.82, 2.24) is 19.3 Å². The van der Waals surface area contributed by atoms with Crippen molar-refractivity contribution < 1.29 is 22.7 Å². The molecule has 34 heavy (non-hydrogen) atoms. The van der Waals surface area contributed by atoms with Crippen molar-refractivity contribution >= 4 is 28.3 Å². The van der Waals surface area contributed by atoms with E-state index in [9.17, 15) is 23.2 Å². The van der Waals surface area contributed by atoms with E-state index in [0.29, 0.717) is 28.5 Å². The van der Waals surface area contributed by atoms with Crippen LogP contribution in [0.3, 0.4) is 0 Å². The van der Waals surface area contributed by atoms with Crippen molar-refractivity contribution in [2.24, 2.45) is 0 Å². The minimum atomic E-state index is -4.50. The molecule has 1 aliphatic rings. The van der Waals surface area contributed by atoms with Crippen LogP contribution in [-0.2, 0) is 6.18 Å². The molecule has 1 amide bonds. The van der Waals surface area contributed by atoms with Gasteiger partial charge in [0.2, 0.25) is 0 Å². The fourth-order valence-corrected chi connectivity index (χ4v) is 4.27. The molecular formula is C23H17F3N6O2. The van der Waals surface area contributed by atoms with Crippen LogP contribution in [-0.4, -0.2) is 38.8 Å². The summed E-state index contributed by atoms with van der Waals surface area (Å²) in [7, 11) is 1.55. The van der Waals surface area contributed by atoms with Gasteiger partial charge in [0.1, 0.15) is 23.2 Å². The average molecular weight is 466 g/mol. The largest absolute Gasteiger partial charge is 0.493 e. The molecule has 0 aliphatic carbocycles. The maximum Gasteiger partial charge on any atom is 0.416 e. The SMILES string of the molecule is CN(C(=O)c1cc2c(cc1C#N)nc(N)c1cncn12)[C@@H]1CCOc2cc(C(F)(F)F)ccc21. The Bertz CT molecular complexity index is 1500. The van der Waals surface area contributed by atoms with Gasteiger partial charge in [0.05, 0.1) is 52.9 Å². The highest BCUT2D eigenvalue weighted by Gasteiger charge is 2.35. The van der Waals surface area contributed by atoms with Crippen LogP contribution in [0.1, 0.15) is 39.5 Å². The Morgan fingerprint density at radius 1 is 1.29 bits per heavy atom. The Morgan fingerprint density at radius 3 is 2.82 bits per heavy atom. The number of anilines is 1. The number of hydrogen-bond donors (Lipinski definition) is 1. The minimum absolute atomic E-state index is 0.0875. The highest BCUT2D eigenvalue weighted by Crippen LogP contribution is 2.40. The first-order chi connectivity index (χ1) is 16.2. The first kappa shape index (κ1) is 21.5. The summed E-state index contributed by atoms with van der Waals surface area (Å²) in [6.07, 6.45) is -1.04. The van der Waals surface area contributed by atoms with E-state index in [1.54, 1.807) is 23.7 Å². The van der Waals surface area contributed by atoms with E-state index in [1.807, 2.05) is 6.07 Å². The number of benzene rings is 2. The second-order valence-corrected chi connectivity index (χ2v) is 7.96. The smallest absolute Gasteiger partial charge is 0.416 e. The maximum absolute atomic E-state index is 13.5. The summed E-state index contributed by atoms with van der Waals surface area (Å²) in [6.45, 7) is 0.151. The summed E-state index contributed by atoms with van der Waals surface area (Å²) in [6, 6.07) is 7.79. The van der Waals surface area contributed by atoms with Crippen molar-refractivity contribution in [1.29, 1.82) is 5.26 Å². The van der Waals surface area contributed by atoms with Crippen molar-refractivity contribution in [2.45, 2.75) is 18.6 Å². The highest BCUT2D eigenvalue weighted by molar-refractivity contribution is 6.01. The molecule has 0 saturated carbocycles. The van der Waals surface area contributed by atoms with Crippen molar-refractivity contribution in [3.63, 3.8) is 0 Å². The molecule has 1 atom stereocenters. The van der Waals surface area contributed by atoms with Crippen molar-refractivity contribution in [2.75, 3.05) is 19.4 Å². The number of alkyl halides is 3. The summed E-state index contributed by atoms with van der Waals surface area (Å²) in [5.41, 5.74) is 7.39. The number of amides is 1. The number of halogens is 3. The van der Waals surface area contributed by atoms with Gasteiger partial charge in [0.15, 0.2) is 0 Å². The fourth-order valence-electron chi connectivity index (χ4n) is 4.27. The van der Waals surface area contributed by atoms with Gasteiger partial charge in [-0.05, 0) is 24.3 Å². The Labute approximate surface area is 191 Å². The van der Waals surface area contributed by atoms with Gasteiger partial charge in [-0.25, -0.2) is 9.97 Å². The second kappa shape index (κ2) is 7.62. The second-order valence-electron chi connectivity index (χ2n) is 7.96. The van der Waals surface area contributed by atoms with E-state index in [2.05, 4.69) is 9.97 Å². The standard InChI is InChI=1S/C23H17F3N6O2/c1-31(17-4-5-34-20-7-13(23(24,25)26)2-3-14(17)20)22(33)15-8-18-16(6-12(15)9-27)30-21(28)19-10-29-11-32(18)19/h2-3,6-8,10-11,17H,4-5H2,1H3,(H2,28,30)/t17-/m1/s1. The summed E-state index contributed by atoms with van der Waals surface area (Å²) in [4.78, 5) is 23.3. The van der Waals surface area contributed by atoms with E-state index in [4.69, 9.17) is 10.5 Å². The molecule has 4 aromatic rings. The summed E-state index contributed by atoms with van der Waals surface area (Å²) in [5.74, 6) is -0.132. The predicted molar refractivity (Wildman–Crippen MR) is 116 cm³/mol. The Hall–Kier alpha value is -4.33. The van der Waals surface area contributed by atoms with Gasteiger partial charge in [-0.1, -0.05) is 6.07 Å². The molecule has 0 radical (unpaired) electrons. The Kier molecular flexibility index (Phi) is 4.82. The zero-order chi connectivity index (χ0) is 24.2. The Morgan fingerprint density at radius 2 is 2.09 bits per heavy atom. The number of nitrogens with two attached hydrogens (primary N) is 1. The lowest BCUT2D eigenvalue weighted by Crippen LogP contribution is -2.35. The molecule has 5 rings (SSSR count).